The fourth-order valence-electron chi connectivity index (χ4n) is 3.71. The Kier molecular flexibility index (Phi) is 5.96. The summed E-state index contributed by atoms with van der Waals surface area (Å²) in [5, 5.41) is 4.24. The van der Waals surface area contributed by atoms with Crippen molar-refractivity contribution in [2.24, 2.45) is 0 Å². The van der Waals surface area contributed by atoms with Crippen LogP contribution in [0.1, 0.15) is 16.7 Å². The number of carbonyl (C=O) groups excluding carboxylic acids is 2. The summed E-state index contributed by atoms with van der Waals surface area (Å²) in [6.07, 6.45) is 0. The van der Waals surface area contributed by atoms with E-state index in [4.69, 9.17) is 27.9 Å². The summed E-state index contributed by atoms with van der Waals surface area (Å²) >= 11 is 12.4. The normalized spacial score (nSPS) is 13.7. The molecule has 1 N–H and O–H groups in total. The first kappa shape index (κ1) is 21.9. The van der Waals surface area contributed by atoms with E-state index in [9.17, 15) is 9.59 Å². The summed E-state index contributed by atoms with van der Waals surface area (Å²) < 4.78 is 5.48. The molecule has 5 nitrogen and oxygen atoms in total. The van der Waals surface area contributed by atoms with E-state index in [-0.39, 0.29) is 11.3 Å². The lowest BCUT2D eigenvalue weighted by Crippen LogP contribution is -2.33. The summed E-state index contributed by atoms with van der Waals surface area (Å²) in [6, 6.07) is 17.5. The number of benzene rings is 3. The van der Waals surface area contributed by atoms with Crippen LogP contribution in [-0.2, 0) is 9.59 Å². The van der Waals surface area contributed by atoms with E-state index in [2.05, 4.69) is 5.32 Å². The van der Waals surface area contributed by atoms with Gasteiger partial charge in [0.2, 0.25) is 0 Å². The zero-order valence-corrected chi connectivity index (χ0v) is 19.2. The Morgan fingerprint density at radius 3 is 2.38 bits per heavy atom. The number of carbonyl (C=O) groups is 2. The van der Waals surface area contributed by atoms with E-state index in [0.717, 1.165) is 10.5 Å². The average Bonchev–Trinajstić information content (AvgIpc) is 3.01. The number of hydrogen-bond donors (Lipinski definition) is 1. The average molecular weight is 467 g/mol. The van der Waals surface area contributed by atoms with E-state index in [1.54, 1.807) is 61.5 Å². The summed E-state index contributed by atoms with van der Waals surface area (Å²) in [4.78, 5) is 28.4. The molecule has 3 aromatic rings. The Bertz CT molecular complexity index is 1280. The van der Waals surface area contributed by atoms with Gasteiger partial charge in [0.25, 0.3) is 11.8 Å². The van der Waals surface area contributed by atoms with Gasteiger partial charge in [-0.05, 0) is 61.4 Å². The zero-order valence-electron chi connectivity index (χ0n) is 17.7. The summed E-state index contributed by atoms with van der Waals surface area (Å²) in [5.41, 5.74) is 3.47. The van der Waals surface area contributed by atoms with Gasteiger partial charge in [-0.15, -0.1) is 0 Å². The molecule has 1 heterocycles. The van der Waals surface area contributed by atoms with Crippen LogP contribution in [0.2, 0.25) is 10.0 Å². The van der Waals surface area contributed by atoms with Crippen molar-refractivity contribution in [3.05, 3.63) is 93.1 Å². The minimum absolute atomic E-state index is 0.152. The van der Waals surface area contributed by atoms with Crippen molar-refractivity contribution in [2.75, 3.05) is 17.3 Å². The summed E-state index contributed by atoms with van der Waals surface area (Å²) in [6.45, 7) is 3.65. The molecule has 32 heavy (non-hydrogen) atoms. The van der Waals surface area contributed by atoms with E-state index in [0.29, 0.717) is 38.3 Å². The third kappa shape index (κ3) is 3.74. The van der Waals surface area contributed by atoms with E-state index in [1.807, 2.05) is 13.0 Å². The molecule has 0 aromatic heterocycles. The van der Waals surface area contributed by atoms with Crippen LogP contribution in [0, 0.1) is 13.8 Å². The molecule has 4 rings (SSSR count). The van der Waals surface area contributed by atoms with Crippen LogP contribution in [0.4, 0.5) is 11.4 Å². The number of aryl methyl sites for hydroxylation is 1. The highest BCUT2D eigenvalue weighted by Gasteiger charge is 2.41. The standard InChI is InChI=1S/C25H20Cl2N2O3/c1-14-13-16(26)11-12-20(14)29-24(30)22(17-7-4-5-10-21(17)32-3)23(25(29)31)28-19-9-6-8-18(27)15(19)2/h4-13,28H,1-3H3. The SMILES string of the molecule is COc1ccccc1C1=C(Nc2cccc(Cl)c2C)C(=O)N(c2ccc(Cl)cc2C)C1=O. The Morgan fingerprint density at radius 1 is 0.906 bits per heavy atom. The molecule has 0 atom stereocenters. The van der Waals surface area contributed by atoms with Crippen molar-refractivity contribution in [3.63, 3.8) is 0 Å². The maximum atomic E-state index is 13.7. The third-order valence-corrected chi connectivity index (χ3v) is 6.03. The van der Waals surface area contributed by atoms with Crippen molar-refractivity contribution in [3.8, 4) is 5.75 Å². The second-order valence-electron chi connectivity index (χ2n) is 7.36. The fraction of sp³-hybridized carbons (Fsp3) is 0.120. The molecule has 3 aromatic carbocycles. The number of halogens is 2. The molecular weight excluding hydrogens is 447 g/mol. The molecule has 0 bridgehead atoms. The van der Waals surface area contributed by atoms with Gasteiger partial charge in [-0.2, -0.15) is 0 Å². The van der Waals surface area contributed by atoms with Crippen molar-refractivity contribution in [2.45, 2.75) is 13.8 Å². The number of hydrogen-bond acceptors (Lipinski definition) is 4. The number of nitrogens with one attached hydrogen (secondary N) is 1. The highest BCUT2D eigenvalue weighted by atomic mass is 35.5. The van der Waals surface area contributed by atoms with Crippen LogP contribution in [0.5, 0.6) is 5.75 Å². The molecule has 162 valence electrons. The van der Waals surface area contributed by atoms with Gasteiger partial charge >= 0.3 is 0 Å². The topological polar surface area (TPSA) is 58.6 Å². The van der Waals surface area contributed by atoms with Gasteiger partial charge in [0, 0.05) is 21.3 Å². The Morgan fingerprint density at radius 2 is 1.66 bits per heavy atom. The predicted molar refractivity (Wildman–Crippen MR) is 128 cm³/mol. The molecule has 2 amide bonds. The number of imide groups is 1. The molecule has 0 saturated heterocycles. The number of anilines is 2. The Balaban J connectivity index is 1.91. The second kappa shape index (κ2) is 8.69. The summed E-state index contributed by atoms with van der Waals surface area (Å²) in [5.74, 6) is -0.437. The number of rotatable bonds is 5. The third-order valence-electron chi connectivity index (χ3n) is 5.39. The van der Waals surface area contributed by atoms with Gasteiger partial charge in [0.05, 0.1) is 18.4 Å². The van der Waals surface area contributed by atoms with Gasteiger partial charge in [0.15, 0.2) is 0 Å². The number of methoxy groups -OCH3 is 1. The highest BCUT2D eigenvalue weighted by Crippen LogP contribution is 2.39. The Hall–Kier alpha value is -3.28. The number of ether oxygens (including phenoxy) is 1. The zero-order chi connectivity index (χ0) is 23.0. The van der Waals surface area contributed by atoms with E-state index < -0.39 is 11.8 Å². The number of nitrogens with zero attached hydrogens (tertiary/aromatic N) is 1. The molecule has 0 aliphatic carbocycles. The second-order valence-corrected chi connectivity index (χ2v) is 8.21. The van der Waals surface area contributed by atoms with E-state index >= 15 is 0 Å². The van der Waals surface area contributed by atoms with Gasteiger partial charge < -0.3 is 10.1 Å². The first-order valence-electron chi connectivity index (χ1n) is 9.88. The monoisotopic (exact) mass is 466 g/mol. The molecular formula is C25H20Cl2N2O3. The van der Waals surface area contributed by atoms with Crippen molar-refractivity contribution < 1.29 is 14.3 Å². The van der Waals surface area contributed by atoms with Gasteiger partial charge in [-0.25, -0.2) is 4.90 Å². The van der Waals surface area contributed by atoms with Gasteiger partial charge in [0.1, 0.15) is 11.4 Å². The fourth-order valence-corrected chi connectivity index (χ4v) is 4.11. The van der Waals surface area contributed by atoms with Gasteiger partial charge in [-0.3, -0.25) is 9.59 Å². The quantitative estimate of drug-likeness (QED) is 0.467. The maximum absolute atomic E-state index is 13.7. The van der Waals surface area contributed by atoms with Crippen LogP contribution in [0.25, 0.3) is 5.57 Å². The molecule has 1 aliphatic rings. The predicted octanol–water partition coefficient (Wildman–Crippen LogP) is 6.02. The smallest absolute Gasteiger partial charge is 0.282 e. The molecule has 0 unspecified atom stereocenters. The lowest BCUT2D eigenvalue weighted by atomic mass is 10.0. The van der Waals surface area contributed by atoms with E-state index in [1.165, 1.54) is 7.11 Å². The number of para-hydroxylation sites is 1. The largest absolute Gasteiger partial charge is 0.496 e. The lowest BCUT2D eigenvalue weighted by Gasteiger charge is -2.18. The minimum atomic E-state index is -0.472. The van der Waals surface area contributed by atoms with Crippen LogP contribution in [-0.4, -0.2) is 18.9 Å². The van der Waals surface area contributed by atoms with Gasteiger partial charge in [-0.1, -0.05) is 47.5 Å². The van der Waals surface area contributed by atoms with Crippen molar-refractivity contribution >= 4 is 52.0 Å². The molecule has 0 radical (unpaired) electrons. The lowest BCUT2D eigenvalue weighted by molar-refractivity contribution is -0.120. The molecule has 0 spiro atoms. The van der Waals surface area contributed by atoms with Crippen molar-refractivity contribution in [1.29, 1.82) is 0 Å². The minimum Gasteiger partial charge on any atom is -0.496 e. The van der Waals surface area contributed by atoms with Crippen molar-refractivity contribution in [1.82, 2.24) is 0 Å². The van der Waals surface area contributed by atoms with Crippen LogP contribution in [0.3, 0.4) is 0 Å². The first-order chi connectivity index (χ1) is 15.3. The highest BCUT2D eigenvalue weighted by molar-refractivity contribution is 6.46. The summed E-state index contributed by atoms with van der Waals surface area (Å²) in [7, 11) is 1.52. The maximum Gasteiger partial charge on any atom is 0.282 e. The molecule has 7 heteroatoms. The Labute approximate surface area is 196 Å². The molecule has 1 aliphatic heterocycles. The van der Waals surface area contributed by atoms with Crippen LogP contribution in [0.15, 0.2) is 66.4 Å². The van der Waals surface area contributed by atoms with Crippen LogP contribution < -0.4 is 15.0 Å². The molecule has 0 fully saturated rings. The number of amides is 2. The van der Waals surface area contributed by atoms with Crippen LogP contribution >= 0.6 is 23.2 Å². The molecule has 0 saturated carbocycles. The first-order valence-corrected chi connectivity index (χ1v) is 10.6.